The van der Waals surface area contributed by atoms with E-state index in [4.69, 9.17) is 0 Å². The maximum Gasteiger partial charge on any atom is 0.223 e. The second-order valence-corrected chi connectivity index (χ2v) is 6.64. The zero-order valence-corrected chi connectivity index (χ0v) is 14.4. The van der Waals surface area contributed by atoms with Crippen LogP contribution in [0.15, 0.2) is 60.7 Å². The Balaban J connectivity index is 1.49. The summed E-state index contributed by atoms with van der Waals surface area (Å²) in [6, 6.07) is 21.1. The van der Waals surface area contributed by atoms with Crippen LogP contribution in [0.3, 0.4) is 0 Å². The van der Waals surface area contributed by atoms with E-state index in [0.717, 1.165) is 32.6 Å². The van der Waals surface area contributed by atoms with Gasteiger partial charge in [0, 0.05) is 38.6 Å². The van der Waals surface area contributed by atoms with E-state index in [2.05, 4.69) is 59.2 Å². The summed E-state index contributed by atoms with van der Waals surface area (Å²) in [6.45, 7) is 5.87. The van der Waals surface area contributed by atoms with Gasteiger partial charge in [-0.2, -0.15) is 0 Å². The lowest BCUT2D eigenvalue weighted by Crippen LogP contribution is -2.53. The first-order chi connectivity index (χ1) is 11.7. The fourth-order valence-corrected chi connectivity index (χ4v) is 3.43. The molecule has 0 N–H and O–H groups in total. The molecule has 2 aromatic carbocycles. The predicted octanol–water partition coefficient (Wildman–Crippen LogP) is 3.35. The molecule has 3 heteroatoms. The molecule has 0 spiro atoms. The lowest BCUT2D eigenvalue weighted by atomic mass is 10.1. The number of nitrogens with zero attached hydrogens (tertiary/aromatic N) is 2. The van der Waals surface area contributed by atoms with Crippen molar-refractivity contribution in [3.05, 3.63) is 71.8 Å². The highest BCUT2D eigenvalue weighted by Gasteiger charge is 2.26. The van der Waals surface area contributed by atoms with Crippen molar-refractivity contribution < 1.29 is 4.79 Å². The van der Waals surface area contributed by atoms with E-state index in [0.29, 0.717) is 6.42 Å². The summed E-state index contributed by atoms with van der Waals surface area (Å²) in [5, 5.41) is 0. The minimum atomic E-state index is 0.283. The van der Waals surface area contributed by atoms with Gasteiger partial charge < -0.3 is 4.90 Å². The molecule has 1 atom stereocenters. The molecule has 1 amide bonds. The summed E-state index contributed by atoms with van der Waals surface area (Å²) in [4.78, 5) is 17.1. The summed E-state index contributed by atoms with van der Waals surface area (Å²) in [6.07, 6.45) is 1.43. The van der Waals surface area contributed by atoms with Crippen molar-refractivity contribution in [3.8, 4) is 0 Å². The summed E-state index contributed by atoms with van der Waals surface area (Å²) in [7, 11) is 0. The molecular weight excluding hydrogens is 296 g/mol. The molecule has 3 nitrogen and oxygen atoms in total. The molecule has 2 aromatic rings. The molecule has 24 heavy (non-hydrogen) atoms. The standard InChI is InChI=1S/C21H26N2O/c1-18-16-22(17-20-10-6-3-7-11-20)14-15-23(18)21(24)13-12-19-8-4-2-5-9-19/h2-11,18H,12-17H2,1H3/t18-/m0/s1. The van der Waals surface area contributed by atoms with Crippen molar-refractivity contribution in [1.82, 2.24) is 9.80 Å². The minimum absolute atomic E-state index is 0.283. The molecule has 1 fully saturated rings. The normalized spacial score (nSPS) is 18.5. The van der Waals surface area contributed by atoms with Gasteiger partial charge in [-0.3, -0.25) is 9.69 Å². The molecule has 0 bridgehead atoms. The summed E-state index contributed by atoms with van der Waals surface area (Å²) in [5.74, 6) is 0.283. The highest BCUT2D eigenvalue weighted by atomic mass is 16.2. The summed E-state index contributed by atoms with van der Waals surface area (Å²) in [5.41, 5.74) is 2.58. The van der Waals surface area contributed by atoms with Gasteiger partial charge in [-0.05, 0) is 24.5 Å². The van der Waals surface area contributed by atoms with Gasteiger partial charge in [0.25, 0.3) is 0 Å². The van der Waals surface area contributed by atoms with Crippen LogP contribution in [0.25, 0.3) is 0 Å². The smallest absolute Gasteiger partial charge is 0.223 e. The van der Waals surface area contributed by atoms with Gasteiger partial charge in [-0.1, -0.05) is 60.7 Å². The number of piperazine rings is 1. The molecule has 0 radical (unpaired) electrons. The zero-order chi connectivity index (χ0) is 16.8. The van der Waals surface area contributed by atoms with Gasteiger partial charge in [-0.25, -0.2) is 0 Å². The van der Waals surface area contributed by atoms with Crippen molar-refractivity contribution in [1.29, 1.82) is 0 Å². The van der Waals surface area contributed by atoms with Gasteiger partial charge in [0.2, 0.25) is 5.91 Å². The van der Waals surface area contributed by atoms with Crippen LogP contribution < -0.4 is 0 Å². The number of carbonyl (C=O) groups is 1. The molecule has 0 aliphatic carbocycles. The lowest BCUT2D eigenvalue weighted by molar-refractivity contribution is -0.135. The van der Waals surface area contributed by atoms with Crippen LogP contribution in [0.4, 0.5) is 0 Å². The lowest BCUT2D eigenvalue weighted by Gasteiger charge is -2.40. The van der Waals surface area contributed by atoms with E-state index < -0.39 is 0 Å². The number of carbonyl (C=O) groups excluding carboxylic acids is 1. The maximum absolute atomic E-state index is 12.6. The Kier molecular flexibility index (Phi) is 5.65. The summed E-state index contributed by atoms with van der Waals surface area (Å²) < 4.78 is 0. The van der Waals surface area contributed by atoms with E-state index in [1.807, 2.05) is 18.2 Å². The van der Waals surface area contributed by atoms with E-state index >= 15 is 0 Å². The number of aryl methyl sites for hydroxylation is 1. The molecule has 1 aliphatic heterocycles. The van der Waals surface area contributed by atoms with Crippen LogP contribution in [-0.4, -0.2) is 41.4 Å². The zero-order valence-electron chi connectivity index (χ0n) is 14.4. The Hall–Kier alpha value is -2.13. The third kappa shape index (κ3) is 4.45. The minimum Gasteiger partial charge on any atom is -0.337 e. The Morgan fingerprint density at radius 1 is 0.958 bits per heavy atom. The third-order valence-corrected chi connectivity index (χ3v) is 4.75. The highest BCUT2D eigenvalue weighted by Crippen LogP contribution is 2.15. The second-order valence-electron chi connectivity index (χ2n) is 6.64. The first-order valence-electron chi connectivity index (χ1n) is 8.82. The van der Waals surface area contributed by atoms with Gasteiger partial charge >= 0.3 is 0 Å². The van der Waals surface area contributed by atoms with Crippen LogP contribution in [0.1, 0.15) is 24.5 Å². The molecule has 3 rings (SSSR count). The van der Waals surface area contributed by atoms with Crippen molar-refractivity contribution in [2.24, 2.45) is 0 Å². The Bertz CT molecular complexity index is 641. The number of hydrogen-bond donors (Lipinski definition) is 0. The molecule has 0 aromatic heterocycles. The van der Waals surface area contributed by atoms with E-state index in [1.54, 1.807) is 0 Å². The number of amides is 1. The molecule has 1 aliphatic rings. The molecule has 126 valence electrons. The maximum atomic E-state index is 12.6. The predicted molar refractivity (Wildman–Crippen MR) is 97.7 cm³/mol. The van der Waals surface area contributed by atoms with Crippen molar-refractivity contribution >= 4 is 5.91 Å². The van der Waals surface area contributed by atoms with Gasteiger partial charge in [0.1, 0.15) is 0 Å². The quantitative estimate of drug-likeness (QED) is 0.843. The van der Waals surface area contributed by atoms with E-state index in [1.165, 1.54) is 11.1 Å². The molecular formula is C21H26N2O. The molecule has 0 unspecified atom stereocenters. The van der Waals surface area contributed by atoms with Gasteiger partial charge in [-0.15, -0.1) is 0 Å². The number of rotatable bonds is 5. The molecule has 1 saturated heterocycles. The largest absolute Gasteiger partial charge is 0.337 e. The second kappa shape index (κ2) is 8.11. The molecule has 1 heterocycles. The van der Waals surface area contributed by atoms with E-state index in [-0.39, 0.29) is 11.9 Å². The number of benzene rings is 2. The van der Waals surface area contributed by atoms with Crippen LogP contribution in [-0.2, 0) is 17.8 Å². The highest BCUT2D eigenvalue weighted by molar-refractivity contribution is 5.77. The summed E-state index contributed by atoms with van der Waals surface area (Å²) >= 11 is 0. The van der Waals surface area contributed by atoms with Crippen molar-refractivity contribution in [3.63, 3.8) is 0 Å². The Morgan fingerprint density at radius 3 is 2.21 bits per heavy atom. The van der Waals surface area contributed by atoms with Crippen molar-refractivity contribution in [2.45, 2.75) is 32.4 Å². The Morgan fingerprint density at radius 2 is 1.58 bits per heavy atom. The van der Waals surface area contributed by atoms with E-state index in [9.17, 15) is 4.79 Å². The Labute approximate surface area is 144 Å². The third-order valence-electron chi connectivity index (χ3n) is 4.75. The van der Waals surface area contributed by atoms with Crippen molar-refractivity contribution in [2.75, 3.05) is 19.6 Å². The monoisotopic (exact) mass is 322 g/mol. The first-order valence-corrected chi connectivity index (χ1v) is 8.82. The molecule has 0 saturated carbocycles. The fraction of sp³-hybridized carbons (Fsp3) is 0.381. The van der Waals surface area contributed by atoms with Crippen LogP contribution in [0, 0.1) is 0 Å². The van der Waals surface area contributed by atoms with Gasteiger partial charge in [0.05, 0.1) is 0 Å². The van der Waals surface area contributed by atoms with Gasteiger partial charge in [0.15, 0.2) is 0 Å². The van der Waals surface area contributed by atoms with Crippen LogP contribution in [0.5, 0.6) is 0 Å². The SMILES string of the molecule is C[C@H]1CN(Cc2ccccc2)CCN1C(=O)CCc1ccccc1. The topological polar surface area (TPSA) is 23.6 Å². The first kappa shape index (κ1) is 16.7. The average Bonchev–Trinajstić information content (AvgIpc) is 2.61. The average molecular weight is 322 g/mol. The number of hydrogen-bond acceptors (Lipinski definition) is 2. The fourth-order valence-electron chi connectivity index (χ4n) is 3.43. The van der Waals surface area contributed by atoms with Crippen LogP contribution in [0.2, 0.25) is 0 Å². The van der Waals surface area contributed by atoms with Crippen LogP contribution >= 0.6 is 0 Å².